The molecule has 1 radical (unpaired) electrons. The van der Waals surface area contributed by atoms with Crippen molar-refractivity contribution in [3.05, 3.63) is 16.6 Å². The number of rotatable bonds is 1. The van der Waals surface area contributed by atoms with Crippen molar-refractivity contribution in [3.63, 3.8) is 0 Å². The number of hydrogen-bond acceptors (Lipinski definition) is 2. The molecule has 0 amide bonds. The Bertz CT molecular complexity index is 123. The van der Waals surface area contributed by atoms with Crippen LogP contribution in [0.4, 0.5) is 0 Å². The van der Waals surface area contributed by atoms with E-state index in [1.165, 1.54) is 4.88 Å². The van der Waals surface area contributed by atoms with Crippen LogP contribution >= 0.6 is 11.3 Å². The van der Waals surface area contributed by atoms with Crippen molar-refractivity contribution < 1.29 is 0 Å². The van der Waals surface area contributed by atoms with E-state index in [0.29, 0.717) is 0 Å². The normalized spacial score (nSPS) is 9.29. The highest BCUT2D eigenvalue weighted by atomic mass is 32.1. The average molecular weight is 112 g/mol. The van der Waals surface area contributed by atoms with Crippen LogP contribution in [0.1, 0.15) is 11.8 Å². The summed E-state index contributed by atoms with van der Waals surface area (Å²) < 4.78 is 0. The van der Waals surface area contributed by atoms with Crippen molar-refractivity contribution >= 4 is 11.3 Å². The van der Waals surface area contributed by atoms with Crippen LogP contribution in [-0.2, 0) is 6.42 Å². The summed E-state index contributed by atoms with van der Waals surface area (Å²) in [4.78, 5) is 5.09. The third-order valence-electron chi connectivity index (χ3n) is 0.786. The molecule has 0 spiro atoms. The Morgan fingerprint density at radius 1 is 2.00 bits per heavy atom. The summed E-state index contributed by atoms with van der Waals surface area (Å²) in [5.41, 5.74) is 2.77. The summed E-state index contributed by atoms with van der Waals surface area (Å²) in [5, 5.41) is 0. The van der Waals surface area contributed by atoms with Gasteiger partial charge >= 0.3 is 0 Å². The summed E-state index contributed by atoms with van der Waals surface area (Å²) in [7, 11) is 0. The van der Waals surface area contributed by atoms with Gasteiger partial charge in [0.2, 0.25) is 0 Å². The van der Waals surface area contributed by atoms with E-state index < -0.39 is 0 Å². The van der Waals surface area contributed by atoms with Crippen LogP contribution in [0, 0.1) is 5.51 Å². The maximum atomic E-state index is 3.79. The number of hydrogen-bond donors (Lipinski definition) is 0. The first-order valence-electron chi connectivity index (χ1n) is 2.24. The first-order valence-corrected chi connectivity index (χ1v) is 3.06. The molecule has 7 heavy (non-hydrogen) atoms. The third-order valence-corrected chi connectivity index (χ3v) is 1.64. The summed E-state index contributed by atoms with van der Waals surface area (Å²) in [5.74, 6) is 0. The molecule has 0 fully saturated rings. The van der Waals surface area contributed by atoms with Gasteiger partial charge in [0.05, 0.1) is 0 Å². The van der Waals surface area contributed by atoms with Gasteiger partial charge in [-0.05, 0) is 6.42 Å². The number of thiazole rings is 1. The monoisotopic (exact) mass is 112 g/mol. The maximum Gasteiger partial charge on any atom is 0.152 e. The van der Waals surface area contributed by atoms with E-state index in [1.807, 2.05) is 6.20 Å². The van der Waals surface area contributed by atoms with Gasteiger partial charge < -0.3 is 0 Å². The Morgan fingerprint density at radius 3 is 3.14 bits per heavy atom. The van der Waals surface area contributed by atoms with Gasteiger partial charge in [-0.3, -0.25) is 0 Å². The van der Waals surface area contributed by atoms with Gasteiger partial charge in [-0.2, -0.15) is 0 Å². The zero-order valence-corrected chi connectivity index (χ0v) is 4.96. The van der Waals surface area contributed by atoms with Crippen molar-refractivity contribution in [1.29, 1.82) is 0 Å². The minimum absolute atomic E-state index is 1.08. The van der Waals surface area contributed by atoms with Crippen molar-refractivity contribution in [1.82, 2.24) is 4.98 Å². The quantitative estimate of drug-likeness (QED) is 0.536. The Kier molecular flexibility index (Phi) is 1.42. The summed E-state index contributed by atoms with van der Waals surface area (Å²) in [6, 6.07) is 0. The molecule has 0 aliphatic rings. The third kappa shape index (κ3) is 0.996. The fourth-order valence-electron chi connectivity index (χ4n) is 0.373. The molecule has 0 bridgehead atoms. The fraction of sp³-hybridized carbons (Fsp3) is 0.400. The molecule has 0 aliphatic carbocycles. The zero-order chi connectivity index (χ0) is 5.11. The minimum Gasteiger partial charge on any atom is -0.242 e. The van der Waals surface area contributed by atoms with Gasteiger partial charge in [0.1, 0.15) is 0 Å². The Labute approximate surface area is 47.0 Å². The second-order valence-corrected chi connectivity index (χ2v) is 2.18. The predicted octanol–water partition coefficient (Wildman–Crippen LogP) is 1.51. The molecule has 1 heterocycles. The molecule has 1 rings (SSSR count). The van der Waals surface area contributed by atoms with Gasteiger partial charge in [0, 0.05) is 11.1 Å². The van der Waals surface area contributed by atoms with Gasteiger partial charge in [0.15, 0.2) is 5.51 Å². The lowest BCUT2D eigenvalue weighted by molar-refractivity contribution is 1.17. The van der Waals surface area contributed by atoms with Gasteiger partial charge in [-0.1, -0.05) is 6.92 Å². The van der Waals surface area contributed by atoms with Crippen molar-refractivity contribution in [2.24, 2.45) is 0 Å². The van der Waals surface area contributed by atoms with E-state index in [2.05, 4.69) is 17.4 Å². The van der Waals surface area contributed by atoms with Crippen molar-refractivity contribution in [3.8, 4) is 0 Å². The molecule has 1 aromatic rings. The highest BCUT2D eigenvalue weighted by Gasteiger charge is 1.85. The first kappa shape index (κ1) is 4.78. The standard InChI is InChI=1S/C5H6NS/c1-2-5-3-6-4-7-5/h3H,2H2,1H3. The van der Waals surface area contributed by atoms with Gasteiger partial charge in [-0.15, -0.1) is 11.3 Å². The van der Waals surface area contributed by atoms with E-state index >= 15 is 0 Å². The molecule has 0 aromatic carbocycles. The molecule has 0 N–H and O–H groups in total. The minimum atomic E-state index is 1.08. The Balaban J connectivity index is 2.76. The van der Waals surface area contributed by atoms with Gasteiger partial charge in [-0.25, -0.2) is 4.98 Å². The fourth-order valence-corrected chi connectivity index (χ4v) is 0.846. The molecule has 1 nitrogen and oxygen atoms in total. The van der Waals surface area contributed by atoms with E-state index in [4.69, 9.17) is 0 Å². The van der Waals surface area contributed by atoms with E-state index in [9.17, 15) is 0 Å². The number of nitrogens with zero attached hydrogens (tertiary/aromatic N) is 1. The highest BCUT2D eigenvalue weighted by molar-refractivity contribution is 7.09. The SMILES string of the molecule is CCc1cn[c]s1. The van der Waals surface area contributed by atoms with Crippen molar-refractivity contribution in [2.45, 2.75) is 13.3 Å². The molecule has 1 aromatic heterocycles. The summed E-state index contributed by atoms with van der Waals surface area (Å²) >= 11 is 1.59. The molecule has 0 atom stereocenters. The predicted molar refractivity (Wildman–Crippen MR) is 30.3 cm³/mol. The molecule has 2 heteroatoms. The number of aromatic nitrogens is 1. The van der Waals surface area contributed by atoms with E-state index in [0.717, 1.165) is 6.42 Å². The molecule has 0 aliphatic heterocycles. The summed E-state index contributed by atoms with van der Waals surface area (Å²) in [6.45, 7) is 2.11. The lowest BCUT2D eigenvalue weighted by Gasteiger charge is -1.76. The second kappa shape index (κ2) is 2.07. The molecular formula is C5H6NS. The van der Waals surface area contributed by atoms with Gasteiger partial charge in [0.25, 0.3) is 0 Å². The maximum absolute atomic E-state index is 3.79. The Hall–Kier alpha value is -0.370. The molecule has 0 saturated carbocycles. The van der Waals surface area contributed by atoms with Crippen molar-refractivity contribution in [2.75, 3.05) is 0 Å². The highest BCUT2D eigenvalue weighted by Crippen LogP contribution is 2.03. The Morgan fingerprint density at radius 2 is 2.86 bits per heavy atom. The van der Waals surface area contributed by atoms with E-state index in [1.54, 1.807) is 11.3 Å². The van der Waals surface area contributed by atoms with Crippen LogP contribution < -0.4 is 0 Å². The largest absolute Gasteiger partial charge is 0.242 e. The molecule has 37 valence electrons. The lowest BCUT2D eigenvalue weighted by Crippen LogP contribution is -1.64. The van der Waals surface area contributed by atoms with Crippen LogP contribution in [0.15, 0.2) is 6.20 Å². The van der Waals surface area contributed by atoms with Crippen LogP contribution in [0.3, 0.4) is 0 Å². The second-order valence-electron chi connectivity index (χ2n) is 1.27. The first-order chi connectivity index (χ1) is 3.43. The van der Waals surface area contributed by atoms with Crippen LogP contribution in [0.25, 0.3) is 0 Å². The molecular weight excluding hydrogens is 106 g/mol. The van der Waals surface area contributed by atoms with Crippen LogP contribution in [0.5, 0.6) is 0 Å². The van der Waals surface area contributed by atoms with Crippen LogP contribution in [-0.4, -0.2) is 4.98 Å². The van der Waals surface area contributed by atoms with E-state index in [-0.39, 0.29) is 0 Å². The molecule has 0 unspecified atom stereocenters. The van der Waals surface area contributed by atoms with Crippen LogP contribution in [0.2, 0.25) is 0 Å². The zero-order valence-electron chi connectivity index (χ0n) is 4.14. The number of aryl methyl sites for hydroxylation is 1. The topological polar surface area (TPSA) is 12.9 Å². The molecule has 0 saturated heterocycles. The summed E-state index contributed by atoms with van der Waals surface area (Å²) in [6.07, 6.45) is 2.94. The smallest absolute Gasteiger partial charge is 0.152 e. The average Bonchev–Trinajstić information content (AvgIpc) is 2.14. The lowest BCUT2D eigenvalue weighted by atomic mass is 10.4.